The molecule has 0 atom stereocenters. The number of ether oxygens (including phenoxy) is 1. The van der Waals surface area contributed by atoms with Crippen molar-refractivity contribution in [2.75, 3.05) is 23.4 Å². The molecular weight excluding hydrogens is 448 g/mol. The highest BCUT2D eigenvalue weighted by atomic mass is 16.5. The number of amides is 2. The third-order valence-electron chi connectivity index (χ3n) is 6.39. The van der Waals surface area contributed by atoms with Crippen molar-refractivity contribution in [2.24, 2.45) is 0 Å². The lowest BCUT2D eigenvalue weighted by atomic mass is 9.90. The van der Waals surface area contributed by atoms with E-state index in [1.54, 1.807) is 4.90 Å². The van der Waals surface area contributed by atoms with E-state index >= 15 is 0 Å². The van der Waals surface area contributed by atoms with Gasteiger partial charge in [0.2, 0.25) is 5.91 Å². The molecule has 0 bridgehead atoms. The monoisotopic (exact) mass is 476 g/mol. The summed E-state index contributed by atoms with van der Waals surface area (Å²) in [5.74, 6) is -0.0187. The highest BCUT2D eigenvalue weighted by molar-refractivity contribution is 6.01. The fourth-order valence-electron chi connectivity index (χ4n) is 4.61. The largest absolute Gasteiger partial charge is 0.482 e. The predicted octanol–water partition coefficient (Wildman–Crippen LogP) is 5.82. The van der Waals surface area contributed by atoms with Gasteiger partial charge in [-0.25, -0.2) is 0 Å². The maximum absolute atomic E-state index is 13.5. The molecule has 0 unspecified atom stereocenters. The van der Waals surface area contributed by atoms with Gasteiger partial charge in [0.25, 0.3) is 5.91 Å². The van der Waals surface area contributed by atoms with Crippen LogP contribution in [-0.4, -0.2) is 25.0 Å². The molecule has 0 spiro atoms. The fraction of sp³-hybridized carbons (Fsp3) is 0.161. The first-order chi connectivity index (χ1) is 17.7. The van der Waals surface area contributed by atoms with Gasteiger partial charge in [-0.05, 0) is 47.7 Å². The molecule has 0 fully saturated rings. The molecule has 0 radical (unpaired) electrons. The number of carbonyl (C=O) groups excluding carboxylic acids is 2. The van der Waals surface area contributed by atoms with Gasteiger partial charge in [0.15, 0.2) is 6.61 Å². The van der Waals surface area contributed by atoms with Gasteiger partial charge in [-0.2, -0.15) is 0 Å². The second kappa shape index (κ2) is 10.9. The average molecular weight is 477 g/mol. The maximum atomic E-state index is 13.5. The Hall–Kier alpha value is -4.38. The molecule has 1 aliphatic rings. The Labute approximate surface area is 211 Å². The molecule has 4 aromatic rings. The Balaban J connectivity index is 1.36. The standard InChI is InChI=1S/C31H28N2O3/c34-29-22-36-28-19-18-26(21-27(28)33(29)20-10-13-23-11-4-1-5-12-23)32-31(35)30(24-14-6-2-7-15-24)25-16-8-3-9-17-25/h1-9,11-12,14-19,21,30H,10,13,20,22H2,(H,32,35). The van der Waals surface area contributed by atoms with Crippen LogP contribution < -0.4 is 15.0 Å². The van der Waals surface area contributed by atoms with Crippen LogP contribution >= 0.6 is 0 Å². The summed E-state index contributed by atoms with van der Waals surface area (Å²) in [7, 11) is 0. The summed E-state index contributed by atoms with van der Waals surface area (Å²) in [6, 6.07) is 35.2. The Bertz CT molecular complexity index is 1280. The van der Waals surface area contributed by atoms with E-state index in [2.05, 4.69) is 17.4 Å². The van der Waals surface area contributed by atoms with E-state index in [4.69, 9.17) is 4.74 Å². The number of aryl methyl sites for hydroxylation is 1. The van der Waals surface area contributed by atoms with Crippen molar-refractivity contribution in [1.29, 1.82) is 0 Å². The second-order valence-electron chi connectivity index (χ2n) is 8.85. The van der Waals surface area contributed by atoms with Gasteiger partial charge in [-0.15, -0.1) is 0 Å². The molecule has 36 heavy (non-hydrogen) atoms. The normalized spacial score (nSPS) is 12.7. The van der Waals surface area contributed by atoms with E-state index in [0.29, 0.717) is 23.7 Å². The van der Waals surface area contributed by atoms with Gasteiger partial charge >= 0.3 is 0 Å². The molecular formula is C31H28N2O3. The first-order valence-electron chi connectivity index (χ1n) is 12.2. The van der Waals surface area contributed by atoms with Crippen LogP contribution in [0.5, 0.6) is 5.75 Å². The number of carbonyl (C=O) groups is 2. The van der Waals surface area contributed by atoms with Gasteiger partial charge in [-0.1, -0.05) is 91.0 Å². The van der Waals surface area contributed by atoms with Crippen molar-refractivity contribution in [1.82, 2.24) is 0 Å². The number of benzene rings is 4. The van der Waals surface area contributed by atoms with E-state index in [1.165, 1.54) is 5.56 Å². The summed E-state index contributed by atoms with van der Waals surface area (Å²) in [6.45, 7) is 0.603. The molecule has 0 aromatic heterocycles. The number of anilines is 2. The van der Waals surface area contributed by atoms with Crippen LogP contribution in [0.4, 0.5) is 11.4 Å². The molecule has 4 aromatic carbocycles. The van der Waals surface area contributed by atoms with Crippen LogP contribution in [0.3, 0.4) is 0 Å². The SMILES string of the molecule is O=C(Nc1ccc2c(c1)N(CCCc1ccccc1)C(=O)CO2)C(c1ccccc1)c1ccccc1. The molecule has 5 heteroatoms. The van der Waals surface area contributed by atoms with Gasteiger partial charge in [0, 0.05) is 12.2 Å². The number of nitrogens with one attached hydrogen (secondary N) is 1. The zero-order chi connectivity index (χ0) is 24.7. The highest BCUT2D eigenvalue weighted by Crippen LogP contribution is 2.35. The molecule has 0 saturated carbocycles. The van der Waals surface area contributed by atoms with E-state index in [1.807, 2.05) is 97.1 Å². The molecule has 5 nitrogen and oxygen atoms in total. The molecule has 180 valence electrons. The lowest BCUT2D eigenvalue weighted by Crippen LogP contribution is -2.39. The van der Waals surface area contributed by atoms with Gasteiger partial charge in [0.1, 0.15) is 5.75 Å². The number of fused-ring (bicyclic) bond motifs is 1. The van der Waals surface area contributed by atoms with Crippen molar-refractivity contribution < 1.29 is 14.3 Å². The zero-order valence-electron chi connectivity index (χ0n) is 20.0. The Morgan fingerprint density at radius 1 is 0.833 bits per heavy atom. The highest BCUT2D eigenvalue weighted by Gasteiger charge is 2.27. The quantitative estimate of drug-likeness (QED) is 0.349. The third-order valence-corrected chi connectivity index (χ3v) is 6.39. The molecule has 5 rings (SSSR count). The summed E-state index contributed by atoms with van der Waals surface area (Å²) in [5.41, 5.74) is 4.39. The van der Waals surface area contributed by atoms with Crippen LogP contribution in [0.2, 0.25) is 0 Å². The fourth-order valence-corrected chi connectivity index (χ4v) is 4.61. The first kappa shape index (κ1) is 23.4. The lowest BCUT2D eigenvalue weighted by molar-refractivity contribution is -0.121. The van der Waals surface area contributed by atoms with Crippen LogP contribution in [-0.2, 0) is 16.0 Å². The minimum Gasteiger partial charge on any atom is -0.482 e. The molecule has 1 aliphatic heterocycles. The predicted molar refractivity (Wildman–Crippen MR) is 142 cm³/mol. The maximum Gasteiger partial charge on any atom is 0.265 e. The first-order valence-corrected chi connectivity index (χ1v) is 12.2. The topological polar surface area (TPSA) is 58.6 Å². The van der Waals surface area contributed by atoms with E-state index in [0.717, 1.165) is 24.0 Å². The van der Waals surface area contributed by atoms with Crippen LogP contribution in [0.15, 0.2) is 109 Å². The molecule has 0 saturated heterocycles. The minimum absolute atomic E-state index is 0.0220. The Morgan fingerprint density at radius 3 is 2.08 bits per heavy atom. The average Bonchev–Trinajstić information content (AvgIpc) is 2.92. The molecule has 1 N–H and O–H groups in total. The van der Waals surface area contributed by atoms with Gasteiger partial charge < -0.3 is 15.0 Å². The molecule has 1 heterocycles. The van der Waals surface area contributed by atoms with Crippen LogP contribution in [0.1, 0.15) is 29.0 Å². The van der Waals surface area contributed by atoms with E-state index < -0.39 is 5.92 Å². The number of hydrogen-bond acceptors (Lipinski definition) is 3. The lowest BCUT2D eigenvalue weighted by Gasteiger charge is -2.30. The third kappa shape index (κ3) is 5.31. The van der Waals surface area contributed by atoms with Crippen LogP contribution in [0.25, 0.3) is 0 Å². The smallest absolute Gasteiger partial charge is 0.265 e. The summed E-state index contributed by atoms with van der Waals surface area (Å²) < 4.78 is 5.67. The molecule has 0 aliphatic carbocycles. The second-order valence-corrected chi connectivity index (χ2v) is 8.85. The number of nitrogens with zero attached hydrogens (tertiary/aromatic N) is 1. The van der Waals surface area contributed by atoms with Crippen LogP contribution in [0, 0.1) is 0 Å². The van der Waals surface area contributed by atoms with Crippen molar-refractivity contribution >= 4 is 23.2 Å². The summed E-state index contributed by atoms with van der Waals surface area (Å²) in [6.07, 6.45) is 1.71. The Kier molecular flexibility index (Phi) is 7.08. The summed E-state index contributed by atoms with van der Waals surface area (Å²) in [5, 5.41) is 3.07. The minimum atomic E-state index is -0.455. The van der Waals surface area contributed by atoms with E-state index in [-0.39, 0.29) is 18.4 Å². The van der Waals surface area contributed by atoms with Gasteiger partial charge in [0.05, 0.1) is 11.6 Å². The summed E-state index contributed by atoms with van der Waals surface area (Å²) >= 11 is 0. The van der Waals surface area contributed by atoms with Crippen molar-refractivity contribution in [3.05, 3.63) is 126 Å². The van der Waals surface area contributed by atoms with Crippen molar-refractivity contribution in [3.63, 3.8) is 0 Å². The zero-order valence-corrected chi connectivity index (χ0v) is 20.0. The summed E-state index contributed by atoms with van der Waals surface area (Å²) in [4.78, 5) is 28.0. The van der Waals surface area contributed by atoms with Gasteiger partial charge in [-0.3, -0.25) is 9.59 Å². The number of rotatable bonds is 8. The Morgan fingerprint density at radius 2 is 1.44 bits per heavy atom. The molecule has 2 amide bonds. The van der Waals surface area contributed by atoms with E-state index in [9.17, 15) is 9.59 Å². The van der Waals surface area contributed by atoms with Crippen molar-refractivity contribution in [3.8, 4) is 5.75 Å². The number of hydrogen-bond donors (Lipinski definition) is 1. The van der Waals surface area contributed by atoms with Crippen molar-refractivity contribution in [2.45, 2.75) is 18.8 Å².